The number of nitrogens with zero attached hydrogens (tertiary/aromatic N) is 2. The minimum absolute atomic E-state index is 0.0590. The quantitative estimate of drug-likeness (QED) is 0.437. The summed E-state index contributed by atoms with van der Waals surface area (Å²) in [4.78, 5) is 10.0. The van der Waals surface area contributed by atoms with Gasteiger partial charge in [-0.3, -0.25) is 0 Å². The first-order valence-electron chi connectivity index (χ1n) is 9.98. The molecule has 144 valence electrons. The van der Waals surface area contributed by atoms with Crippen LogP contribution in [0.15, 0.2) is 88.3 Å². The van der Waals surface area contributed by atoms with Gasteiger partial charge in [-0.05, 0) is 30.3 Å². The van der Waals surface area contributed by atoms with Crippen LogP contribution in [-0.4, -0.2) is 17.0 Å². The first-order valence-corrected chi connectivity index (χ1v) is 10.8. The summed E-state index contributed by atoms with van der Waals surface area (Å²) < 4.78 is 7.33. The zero-order valence-corrected chi connectivity index (χ0v) is 17.6. The maximum absolute atomic E-state index is 6.27. The van der Waals surface area contributed by atoms with Crippen LogP contribution in [0.2, 0.25) is 0 Å². The lowest BCUT2D eigenvalue weighted by Crippen LogP contribution is -2.36. The van der Waals surface area contributed by atoms with Gasteiger partial charge in [-0.15, -0.1) is 0 Å². The lowest BCUT2D eigenvalue weighted by Gasteiger charge is -2.16. The van der Waals surface area contributed by atoms with Gasteiger partial charge in [-0.1, -0.05) is 70.5 Å². The summed E-state index contributed by atoms with van der Waals surface area (Å²) in [5, 5.41) is 3.40. The molecule has 1 unspecified atom stereocenters. The molecule has 0 amide bonds. The molecule has 4 aromatic rings. The number of aliphatic imine (C=N–C) groups is 1. The number of para-hydroxylation sites is 1. The van der Waals surface area contributed by atoms with Crippen LogP contribution in [0.1, 0.15) is 12.0 Å². The molecular weight excluding hydrogens is 436 g/mol. The molecule has 1 aliphatic carbocycles. The molecular formula is C26H17BrN2O. The van der Waals surface area contributed by atoms with Gasteiger partial charge < -0.3 is 4.74 Å². The number of fused-ring (bicyclic) bond motifs is 4. The molecule has 3 nitrogen and oxygen atoms in total. The monoisotopic (exact) mass is 452 g/mol. The normalized spacial score (nSPS) is 17.0. The minimum atomic E-state index is -0.0590. The van der Waals surface area contributed by atoms with Crippen molar-refractivity contribution in [1.29, 1.82) is 0 Å². The van der Waals surface area contributed by atoms with E-state index in [-0.39, 0.29) is 6.10 Å². The van der Waals surface area contributed by atoms with Gasteiger partial charge in [0.15, 0.2) is 0 Å². The molecule has 30 heavy (non-hydrogen) atoms. The Morgan fingerprint density at radius 3 is 2.43 bits per heavy atom. The van der Waals surface area contributed by atoms with Gasteiger partial charge in [-0.2, -0.15) is 0 Å². The van der Waals surface area contributed by atoms with E-state index in [9.17, 15) is 0 Å². The number of benzene rings is 3. The second kappa shape index (κ2) is 6.92. The van der Waals surface area contributed by atoms with Gasteiger partial charge in [0, 0.05) is 37.8 Å². The lowest BCUT2D eigenvalue weighted by molar-refractivity contribution is 0.267. The van der Waals surface area contributed by atoms with Crippen molar-refractivity contribution in [2.45, 2.75) is 12.5 Å². The Hall–Kier alpha value is -3.24. The van der Waals surface area contributed by atoms with E-state index in [4.69, 9.17) is 14.7 Å². The molecule has 0 radical (unpaired) electrons. The van der Waals surface area contributed by atoms with E-state index >= 15 is 0 Å². The van der Waals surface area contributed by atoms with Crippen molar-refractivity contribution in [1.82, 2.24) is 4.98 Å². The molecule has 1 aromatic heterocycles. The van der Waals surface area contributed by atoms with E-state index in [1.165, 1.54) is 0 Å². The number of pyridine rings is 1. The number of ether oxygens (including phenoxy) is 1. The van der Waals surface area contributed by atoms with Crippen LogP contribution in [0, 0.1) is 0 Å². The zero-order chi connectivity index (χ0) is 20.1. The summed E-state index contributed by atoms with van der Waals surface area (Å²) >= 11 is 3.53. The molecule has 0 spiro atoms. The highest BCUT2D eigenvalue weighted by atomic mass is 79.9. The number of halogens is 1. The van der Waals surface area contributed by atoms with E-state index in [1.807, 2.05) is 36.4 Å². The van der Waals surface area contributed by atoms with Gasteiger partial charge in [0.05, 0.1) is 16.9 Å². The average molecular weight is 453 g/mol. The van der Waals surface area contributed by atoms with Crippen molar-refractivity contribution in [3.8, 4) is 11.3 Å². The third-order valence-corrected chi connectivity index (χ3v) is 6.17. The molecule has 2 heterocycles. The summed E-state index contributed by atoms with van der Waals surface area (Å²) in [5.74, 6) is 0.697. The minimum Gasteiger partial charge on any atom is -0.467 e. The molecule has 0 bridgehead atoms. The summed E-state index contributed by atoms with van der Waals surface area (Å²) in [6.07, 6.45) is 2.98. The molecule has 0 saturated carbocycles. The maximum atomic E-state index is 6.27. The highest BCUT2D eigenvalue weighted by molar-refractivity contribution is 9.10. The van der Waals surface area contributed by atoms with Gasteiger partial charge in [0.25, 0.3) is 0 Å². The third kappa shape index (κ3) is 2.79. The maximum Gasteiger partial charge on any atom is 0.221 e. The fraction of sp³-hybridized carbons (Fsp3) is 0.0769. The Labute approximate surface area is 182 Å². The molecule has 1 atom stereocenters. The predicted molar refractivity (Wildman–Crippen MR) is 124 cm³/mol. The fourth-order valence-electron chi connectivity index (χ4n) is 4.24. The summed E-state index contributed by atoms with van der Waals surface area (Å²) in [6.45, 7) is 0. The van der Waals surface area contributed by atoms with Crippen LogP contribution in [-0.2, 0) is 4.74 Å². The van der Waals surface area contributed by atoms with E-state index in [0.717, 1.165) is 54.8 Å². The molecule has 3 aromatic carbocycles. The van der Waals surface area contributed by atoms with Crippen LogP contribution in [0.5, 0.6) is 0 Å². The molecule has 0 saturated heterocycles. The number of aromatic nitrogens is 1. The van der Waals surface area contributed by atoms with Crippen molar-refractivity contribution < 1.29 is 4.74 Å². The molecule has 0 N–H and O–H groups in total. The van der Waals surface area contributed by atoms with Gasteiger partial charge in [0.1, 0.15) is 6.10 Å². The molecule has 1 aliphatic heterocycles. The Morgan fingerprint density at radius 2 is 1.60 bits per heavy atom. The van der Waals surface area contributed by atoms with Crippen molar-refractivity contribution in [3.05, 3.63) is 99.3 Å². The number of rotatable bonds is 2. The Bertz CT molecular complexity index is 1440. The summed E-state index contributed by atoms with van der Waals surface area (Å²) in [6, 6.07) is 26.7. The van der Waals surface area contributed by atoms with Crippen molar-refractivity contribution in [3.63, 3.8) is 0 Å². The van der Waals surface area contributed by atoms with Gasteiger partial charge in [0.2, 0.25) is 5.90 Å². The van der Waals surface area contributed by atoms with Crippen LogP contribution in [0.25, 0.3) is 33.9 Å². The number of hydrogen-bond donors (Lipinski definition) is 0. The fourth-order valence-corrected chi connectivity index (χ4v) is 4.51. The van der Waals surface area contributed by atoms with Crippen molar-refractivity contribution in [2.75, 3.05) is 0 Å². The van der Waals surface area contributed by atoms with Crippen LogP contribution in [0.4, 0.5) is 0 Å². The molecule has 4 heteroatoms. The zero-order valence-electron chi connectivity index (χ0n) is 16.0. The molecule has 6 rings (SSSR count). The third-order valence-electron chi connectivity index (χ3n) is 5.64. The smallest absolute Gasteiger partial charge is 0.221 e. The summed E-state index contributed by atoms with van der Waals surface area (Å²) in [5.41, 5.74) is 5.07. The van der Waals surface area contributed by atoms with E-state index in [2.05, 4.69) is 64.5 Å². The van der Waals surface area contributed by atoms with Crippen LogP contribution in [0.3, 0.4) is 0 Å². The predicted octanol–water partition coefficient (Wildman–Crippen LogP) is 4.80. The van der Waals surface area contributed by atoms with Gasteiger partial charge in [-0.25, -0.2) is 9.98 Å². The molecule has 0 fully saturated rings. The molecule has 2 aliphatic rings. The topological polar surface area (TPSA) is 34.5 Å². The Kier molecular flexibility index (Phi) is 4.06. The highest BCUT2D eigenvalue weighted by Gasteiger charge is 2.29. The van der Waals surface area contributed by atoms with Gasteiger partial charge >= 0.3 is 0 Å². The number of hydrogen-bond acceptors (Lipinski definition) is 3. The van der Waals surface area contributed by atoms with Crippen LogP contribution < -0.4 is 10.4 Å². The largest absolute Gasteiger partial charge is 0.467 e. The lowest BCUT2D eigenvalue weighted by atomic mass is 9.96. The second-order valence-electron chi connectivity index (χ2n) is 7.49. The Morgan fingerprint density at radius 1 is 0.833 bits per heavy atom. The first kappa shape index (κ1) is 17.6. The first-order chi connectivity index (χ1) is 14.8. The van der Waals surface area contributed by atoms with Crippen molar-refractivity contribution in [2.24, 2.45) is 4.99 Å². The standard InChI is InChI=1S/C26H17BrN2O/c27-18-12-10-16(11-13-18)24-20-14-15-22-25(23(20)19-8-4-5-9-21(19)28-24)29-26(30-22)17-6-2-1-3-7-17/h1-14,22H,15H2. The SMILES string of the molecule is Brc1ccc(-c2nc3ccccc3c3c2=CCC2OC(c4ccccc4)=NC=32)cc1. The highest BCUT2D eigenvalue weighted by Crippen LogP contribution is 2.28. The Balaban J connectivity index is 1.69. The van der Waals surface area contributed by atoms with E-state index in [1.54, 1.807) is 0 Å². The second-order valence-corrected chi connectivity index (χ2v) is 8.40. The summed E-state index contributed by atoms with van der Waals surface area (Å²) in [7, 11) is 0. The van der Waals surface area contributed by atoms with Crippen molar-refractivity contribution >= 4 is 44.5 Å². The van der Waals surface area contributed by atoms with Crippen LogP contribution >= 0.6 is 15.9 Å². The van der Waals surface area contributed by atoms with E-state index in [0.29, 0.717) is 5.90 Å². The average Bonchev–Trinajstić information content (AvgIpc) is 3.24. The van der Waals surface area contributed by atoms with E-state index < -0.39 is 0 Å².